The molecule has 0 aromatic rings. The Morgan fingerprint density at radius 3 is 2.38 bits per heavy atom. The molecule has 2 rings (SSSR count). The molecule has 1 saturated heterocycles. The van der Waals surface area contributed by atoms with E-state index in [9.17, 15) is 35.4 Å². The summed E-state index contributed by atoms with van der Waals surface area (Å²) in [6.07, 6.45) is -11.1. The van der Waals surface area contributed by atoms with Crippen molar-refractivity contribution in [2.24, 2.45) is 17.2 Å². The first kappa shape index (κ1) is 24.3. The summed E-state index contributed by atoms with van der Waals surface area (Å²) in [5.74, 6) is -0.768. The van der Waals surface area contributed by atoms with E-state index in [0.717, 1.165) is 0 Å². The van der Waals surface area contributed by atoms with Crippen molar-refractivity contribution >= 4 is 5.91 Å². The maximum absolute atomic E-state index is 12.2. The summed E-state index contributed by atoms with van der Waals surface area (Å²) in [6.45, 7) is -0.529. The van der Waals surface area contributed by atoms with Crippen molar-refractivity contribution in [1.82, 2.24) is 5.32 Å². The largest absolute Gasteiger partial charge is 0.394 e. The van der Waals surface area contributed by atoms with E-state index in [1.165, 1.54) is 0 Å². The lowest BCUT2D eigenvalue weighted by atomic mass is 9.84. The number of nitrogens with one attached hydrogen (secondary N) is 1. The van der Waals surface area contributed by atoms with Crippen LogP contribution in [-0.4, -0.2) is 117 Å². The van der Waals surface area contributed by atoms with Gasteiger partial charge in [0.2, 0.25) is 5.91 Å². The minimum atomic E-state index is -1.57. The highest BCUT2D eigenvalue weighted by Crippen LogP contribution is 2.28. The lowest BCUT2D eigenvalue weighted by Gasteiger charge is -2.46. The van der Waals surface area contributed by atoms with E-state index in [-0.39, 0.29) is 19.4 Å². The Morgan fingerprint density at radius 1 is 1.14 bits per heavy atom. The molecule has 2 fully saturated rings. The number of hydrogen-bond donors (Lipinski definition) is 10. The Balaban J connectivity index is 2.17. The Bertz CT molecular complexity index is 543. The summed E-state index contributed by atoms with van der Waals surface area (Å²) >= 11 is 0. The molecule has 29 heavy (non-hydrogen) atoms. The van der Waals surface area contributed by atoms with Crippen LogP contribution in [0.5, 0.6) is 0 Å². The minimum Gasteiger partial charge on any atom is -0.394 e. The monoisotopic (exact) mass is 424 g/mol. The van der Waals surface area contributed by atoms with Gasteiger partial charge in [0, 0.05) is 6.04 Å². The van der Waals surface area contributed by atoms with E-state index >= 15 is 0 Å². The van der Waals surface area contributed by atoms with Crippen LogP contribution in [0.15, 0.2) is 0 Å². The highest BCUT2D eigenvalue weighted by molar-refractivity contribution is 5.80. The van der Waals surface area contributed by atoms with Gasteiger partial charge in [-0.25, -0.2) is 0 Å². The molecule has 1 saturated carbocycles. The summed E-state index contributed by atoms with van der Waals surface area (Å²) in [6, 6.07) is -3.05. The predicted octanol–water partition coefficient (Wildman–Crippen LogP) is -6.21. The lowest BCUT2D eigenvalue weighted by molar-refractivity contribution is -0.305. The SMILES string of the molecule is NCC[C@H](O)C(=O)N[C@@H]1C[C@H](N)C(O)[C@H](O)[C@H]1O[C@H]1O[C@H](CO)[C@@H](O)[C@H](N)[C@H]1O. The summed E-state index contributed by atoms with van der Waals surface area (Å²) < 4.78 is 10.9. The molecule has 1 amide bonds. The zero-order valence-corrected chi connectivity index (χ0v) is 15.8. The van der Waals surface area contributed by atoms with Gasteiger partial charge in [0.25, 0.3) is 0 Å². The second-order valence-electron chi connectivity index (χ2n) is 7.47. The first-order valence-corrected chi connectivity index (χ1v) is 9.46. The molecular formula is C16H32N4O9. The standard InChI is InChI=1S/C16H32N4O9/c17-2-1-7(22)15(27)20-6-3-5(18)10(23)13(26)14(6)29-16-12(25)9(19)11(24)8(4-21)28-16/h5-14,16,21-26H,1-4,17-19H2,(H,20,27)/t5-,6+,7-,8+,9-,10?,11+,12+,13-,14-,16+/m0/s1. The molecule has 1 unspecified atom stereocenters. The summed E-state index contributed by atoms with van der Waals surface area (Å²) in [5.41, 5.74) is 16.9. The van der Waals surface area contributed by atoms with Crippen LogP contribution in [0.2, 0.25) is 0 Å². The van der Waals surface area contributed by atoms with E-state index in [2.05, 4.69) is 5.32 Å². The number of ether oxygens (including phenoxy) is 2. The van der Waals surface area contributed by atoms with Crippen LogP contribution in [-0.2, 0) is 14.3 Å². The highest BCUT2D eigenvalue weighted by atomic mass is 16.7. The predicted molar refractivity (Wildman–Crippen MR) is 96.8 cm³/mol. The van der Waals surface area contributed by atoms with Crippen molar-refractivity contribution < 1.29 is 44.9 Å². The number of amides is 1. The number of rotatable bonds is 7. The van der Waals surface area contributed by atoms with Gasteiger partial charge in [-0.3, -0.25) is 4.79 Å². The van der Waals surface area contributed by atoms with Crippen molar-refractivity contribution in [1.29, 1.82) is 0 Å². The van der Waals surface area contributed by atoms with Crippen molar-refractivity contribution in [2.45, 2.75) is 80.0 Å². The molecule has 1 aliphatic carbocycles. The van der Waals surface area contributed by atoms with E-state index < -0.39 is 79.7 Å². The molecule has 1 heterocycles. The van der Waals surface area contributed by atoms with Crippen LogP contribution in [0, 0.1) is 0 Å². The molecule has 170 valence electrons. The fourth-order valence-electron chi connectivity index (χ4n) is 3.52. The van der Waals surface area contributed by atoms with Gasteiger partial charge in [-0.15, -0.1) is 0 Å². The van der Waals surface area contributed by atoms with Crippen molar-refractivity contribution in [3.63, 3.8) is 0 Å². The quantitative estimate of drug-likeness (QED) is 0.183. The number of aliphatic hydroxyl groups excluding tert-OH is 6. The van der Waals surface area contributed by atoms with E-state index in [4.69, 9.17) is 26.7 Å². The first-order chi connectivity index (χ1) is 13.6. The second kappa shape index (κ2) is 10.4. The third-order valence-electron chi connectivity index (χ3n) is 5.35. The molecule has 0 radical (unpaired) electrons. The van der Waals surface area contributed by atoms with Gasteiger partial charge in [0.1, 0.15) is 36.6 Å². The molecule has 0 aromatic heterocycles. The molecule has 13 N–H and O–H groups in total. The van der Waals surface area contributed by atoms with Gasteiger partial charge in [0.05, 0.1) is 24.8 Å². The van der Waals surface area contributed by atoms with Crippen molar-refractivity contribution in [2.75, 3.05) is 13.2 Å². The Labute approximate surface area is 167 Å². The lowest BCUT2D eigenvalue weighted by Crippen LogP contribution is -2.68. The van der Waals surface area contributed by atoms with Crippen LogP contribution in [0.4, 0.5) is 0 Å². The average molecular weight is 424 g/mol. The second-order valence-corrected chi connectivity index (χ2v) is 7.47. The Kier molecular flexibility index (Phi) is 8.69. The molecular weight excluding hydrogens is 392 g/mol. The number of nitrogens with two attached hydrogens (primary N) is 3. The summed E-state index contributed by atoms with van der Waals surface area (Å²) in [4.78, 5) is 12.2. The van der Waals surface area contributed by atoms with Gasteiger partial charge in [-0.05, 0) is 19.4 Å². The zero-order chi connectivity index (χ0) is 21.9. The summed E-state index contributed by atoms with van der Waals surface area (Å²) in [7, 11) is 0. The third-order valence-corrected chi connectivity index (χ3v) is 5.35. The van der Waals surface area contributed by atoms with E-state index in [0.29, 0.717) is 0 Å². The molecule has 0 bridgehead atoms. The van der Waals surface area contributed by atoms with Gasteiger partial charge in [0.15, 0.2) is 6.29 Å². The fraction of sp³-hybridized carbons (Fsp3) is 0.938. The Morgan fingerprint density at radius 2 is 1.79 bits per heavy atom. The maximum atomic E-state index is 12.2. The summed E-state index contributed by atoms with van der Waals surface area (Å²) in [5, 5.41) is 62.3. The highest BCUT2D eigenvalue weighted by Gasteiger charge is 2.49. The Hall–Kier alpha value is -0.970. The van der Waals surface area contributed by atoms with Crippen LogP contribution in [0.3, 0.4) is 0 Å². The minimum absolute atomic E-state index is 0.00903. The van der Waals surface area contributed by atoms with Crippen molar-refractivity contribution in [3.8, 4) is 0 Å². The maximum Gasteiger partial charge on any atom is 0.249 e. The molecule has 11 atom stereocenters. The zero-order valence-electron chi connectivity index (χ0n) is 15.8. The topological polar surface area (TPSA) is 247 Å². The number of carbonyl (C=O) groups excluding carboxylic acids is 1. The first-order valence-electron chi connectivity index (χ1n) is 9.46. The van der Waals surface area contributed by atoms with Crippen LogP contribution in [0.1, 0.15) is 12.8 Å². The van der Waals surface area contributed by atoms with E-state index in [1.54, 1.807) is 0 Å². The van der Waals surface area contributed by atoms with Crippen LogP contribution >= 0.6 is 0 Å². The molecule has 1 aliphatic heterocycles. The molecule has 13 nitrogen and oxygen atoms in total. The van der Waals surface area contributed by atoms with Crippen molar-refractivity contribution in [3.05, 3.63) is 0 Å². The molecule has 0 aromatic carbocycles. The molecule has 13 heteroatoms. The average Bonchev–Trinajstić information content (AvgIpc) is 2.69. The van der Waals surface area contributed by atoms with Gasteiger partial charge >= 0.3 is 0 Å². The van der Waals surface area contributed by atoms with Crippen LogP contribution < -0.4 is 22.5 Å². The van der Waals surface area contributed by atoms with Gasteiger partial charge in [-0.2, -0.15) is 0 Å². The number of aliphatic hydroxyl groups is 6. The van der Waals surface area contributed by atoms with Gasteiger partial charge < -0.3 is 62.6 Å². The smallest absolute Gasteiger partial charge is 0.249 e. The normalized spacial score (nSPS) is 44.3. The molecule has 2 aliphatic rings. The molecule has 0 spiro atoms. The van der Waals surface area contributed by atoms with Gasteiger partial charge in [-0.1, -0.05) is 0 Å². The van der Waals surface area contributed by atoms with E-state index in [1.807, 2.05) is 0 Å². The third kappa shape index (κ3) is 5.39. The van der Waals surface area contributed by atoms with Crippen LogP contribution in [0.25, 0.3) is 0 Å². The number of hydrogen-bond acceptors (Lipinski definition) is 12. The fourth-order valence-corrected chi connectivity index (χ4v) is 3.52. The number of carbonyl (C=O) groups is 1.